The van der Waals surface area contributed by atoms with Crippen molar-refractivity contribution in [3.05, 3.63) is 46.1 Å². The molecule has 112 valence electrons. The SMILES string of the molecule is CC(C)c1cc(Br)ccc1Oc1ccc(C(F)(F)F)nn1. The molecular formula is C14H12BrF3N2O. The third kappa shape index (κ3) is 3.93. The van der Waals surface area contributed by atoms with Crippen LogP contribution in [0.5, 0.6) is 11.6 Å². The molecule has 0 unspecified atom stereocenters. The molecule has 0 fully saturated rings. The number of alkyl halides is 3. The zero-order chi connectivity index (χ0) is 15.6. The van der Waals surface area contributed by atoms with E-state index >= 15 is 0 Å². The van der Waals surface area contributed by atoms with Crippen molar-refractivity contribution in [1.82, 2.24) is 10.2 Å². The Kier molecular flexibility index (Phi) is 4.51. The Hall–Kier alpha value is -1.63. The van der Waals surface area contributed by atoms with Crippen molar-refractivity contribution >= 4 is 15.9 Å². The fourth-order valence-corrected chi connectivity index (χ4v) is 2.08. The van der Waals surface area contributed by atoms with E-state index in [4.69, 9.17) is 4.74 Å². The zero-order valence-corrected chi connectivity index (χ0v) is 12.9. The van der Waals surface area contributed by atoms with Gasteiger partial charge in [-0.1, -0.05) is 29.8 Å². The predicted octanol–water partition coefficient (Wildman–Crippen LogP) is 5.17. The van der Waals surface area contributed by atoms with E-state index in [-0.39, 0.29) is 11.8 Å². The molecule has 0 radical (unpaired) electrons. The highest BCUT2D eigenvalue weighted by molar-refractivity contribution is 9.10. The number of nitrogens with zero attached hydrogens (tertiary/aromatic N) is 2. The van der Waals surface area contributed by atoms with E-state index in [1.54, 1.807) is 12.1 Å². The molecule has 0 N–H and O–H groups in total. The highest BCUT2D eigenvalue weighted by Gasteiger charge is 2.33. The quantitative estimate of drug-likeness (QED) is 0.756. The van der Waals surface area contributed by atoms with Gasteiger partial charge >= 0.3 is 6.18 Å². The number of hydrogen-bond donors (Lipinski definition) is 0. The maximum absolute atomic E-state index is 12.4. The van der Waals surface area contributed by atoms with E-state index in [1.165, 1.54) is 0 Å². The van der Waals surface area contributed by atoms with Gasteiger partial charge in [-0.2, -0.15) is 13.2 Å². The Morgan fingerprint density at radius 1 is 1.10 bits per heavy atom. The Bertz CT molecular complexity index is 627. The minimum Gasteiger partial charge on any atom is -0.437 e. The van der Waals surface area contributed by atoms with Crippen molar-refractivity contribution in [2.75, 3.05) is 0 Å². The first kappa shape index (κ1) is 15.8. The van der Waals surface area contributed by atoms with Crippen LogP contribution in [-0.2, 0) is 6.18 Å². The van der Waals surface area contributed by atoms with Gasteiger partial charge in [0.2, 0.25) is 5.88 Å². The number of halogens is 4. The summed E-state index contributed by atoms with van der Waals surface area (Å²) in [5.41, 5.74) is -0.124. The third-order valence-corrected chi connectivity index (χ3v) is 3.23. The van der Waals surface area contributed by atoms with E-state index in [0.717, 1.165) is 22.2 Å². The summed E-state index contributed by atoms with van der Waals surface area (Å²) in [5.74, 6) is 0.759. The molecule has 0 aliphatic heterocycles. The Morgan fingerprint density at radius 3 is 2.33 bits per heavy atom. The van der Waals surface area contributed by atoms with E-state index in [0.29, 0.717) is 5.75 Å². The standard InChI is InChI=1S/C14H12BrF3N2O/c1-8(2)10-7-9(15)3-4-11(10)21-13-6-5-12(19-20-13)14(16,17)18/h3-8H,1-2H3. The number of benzene rings is 1. The fraction of sp³-hybridized carbons (Fsp3) is 0.286. The molecule has 1 heterocycles. The summed E-state index contributed by atoms with van der Waals surface area (Å²) in [5, 5.41) is 6.59. The van der Waals surface area contributed by atoms with Crippen LogP contribution in [0.4, 0.5) is 13.2 Å². The topological polar surface area (TPSA) is 35.0 Å². The molecule has 0 amide bonds. The smallest absolute Gasteiger partial charge is 0.435 e. The molecule has 3 nitrogen and oxygen atoms in total. The van der Waals surface area contributed by atoms with Crippen LogP contribution < -0.4 is 4.74 Å². The Morgan fingerprint density at radius 2 is 1.81 bits per heavy atom. The van der Waals surface area contributed by atoms with Crippen molar-refractivity contribution in [3.8, 4) is 11.6 Å². The lowest BCUT2D eigenvalue weighted by Gasteiger charge is -2.13. The van der Waals surface area contributed by atoms with Gasteiger partial charge in [0.05, 0.1) is 0 Å². The first-order valence-corrected chi connectivity index (χ1v) is 6.95. The van der Waals surface area contributed by atoms with Crippen LogP contribution in [0.2, 0.25) is 0 Å². The average molecular weight is 361 g/mol. The molecule has 0 saturated carbocycles. The summed E-state index contributed by atoms with van der Waals surface area (Å²) in [6.45, 7) is 3.99. The van der Waals surface area contributed by atoms with Crippen molar-refractivity contribution in [3.63, 3.8) is 0 Å². The molecule has 0 aliphatic rings. The van der Waals surface area contributed by atoms with Gasteiger partial charge in [0.1, 0.15) is 5.75 Å². The molecule has 21 heavy (non-hydrogen) atoms. The number of hydrogen-bond acceptors (Lipinski definition) is 3. The summed E-state index contributed by atoms with van der Waals surface area (Å²) < 4.78 is 43.7. The number of ether oxygens (including phenoxy) is 1. The van der Waals surface area contributed by atoms with E-state index in [2.05, 4.69) is 26.1 Å². The van der Waals surface area contributed by atoms with Gasteiger partial charge in [0.25, 0.3) is 0 Å². The highest BCUT2D eigenvalue weighted by atomic mass is 79.9. The molecule has 0 atom stereocenters. The first-order chi connectivity index (χ1) is 9.77. The largest absolute Gasteiger partial charge is 0.437 e. The van der Waals surface area contributed by atoms with Gasteiger partial charge in [-0.25, -0.2) is 0 Å². The maximum atomic E-state index is 12.4. The monoisotopic (exact) mass is 360 g/mol. The third-order valence-electron chi connectivity index (χ3n) is 2.74. The fourth-order valence-electron chi connectivity index (χ4n) is 1.70. The molecule has 7 heteroatoms. The van der Waals surface area contributed by atoms with Crippen LogP contribution in [0.1, 0.15) is 31.0 Å². The van der Waals surface area contributed by atoms with Gasteiger partial charge in [-0.3, -0.25) is 0 Å². The van der Waals surface area contributed by atoms with Crippen molar-refractivity contribution in [2.45, 2.75) is 25.9 Å². The summed E-state index contributed by atoms with van der Waals surface area (Å²) in [7, 11) is 0. The molecule has 1 aromatic carbocycles. The molecule has 0 saturated heterocycles. The second-order valence-corrected chi connectivity index (χ2v) is 5.61. The van der Waals surface area contributed by atoms with E-state index in [9.17, 15) is 13.2 Å². The lowest BCUT2D eigenvalue weighted by molar-refractivity contribution is -0.141. The second-order valence-electron chi connectivity index (χ2n) is 4.69. The number of rotatable bonds is 3. The van der Waals surface area contributed by atoms with Crippen LogP contribution in [0.3, 0.4) is 0 Å². The van der Waals surface area contributed by atoms with Crippen LogP contribution in [-0.4, -0.2) is 10.2 Å². The van der Waals surface area contributed by atoms with Crippen LogP contribution >= 0.6 is 15.9 Å². The summed E-state index contributed by atoms with van der Waals surface area (Å²) in [4.78, 5) is 0. The summed E-state index contributed by atoms with van der Waals surface area (Å²) in [6.07, 6.45) is -4.51. The maximum Gasteiger partial charge on any atom is 0.435 e. The number of aromatic nitrogens is 2. The second kappa shape index (κ2) is 6.01. The van der Waals surface area contributed by atoms with Gasteiger partial charge in [-0.15, -0.1) is 10.2 Å². The molecule has 0 bridgehead atoms. The van der Waals surface area contributed by atoms with Crippen molar-refractivity contribution in [1.29, 1.82) is 0 Å². The molecule has 0 spiro atoms. The molecule has 2 aromatic rings. The summed E-state index contributed by atoms with van der Waals surface area (Å²) in [6, 6.07) is 7.42. The van der Waals surface area contributed by atoms with Crippen LogP contribution in [0.15, 0.2) is 34.8 Å². The van der Waals surface area contributed by atoms with E-state index < -0.39 is 11.9 Å². The predicted molar refractivity (Wildman–Crippen MR) is 75.3 cm³/mol. The lowest BCUT2D eigenvalue weighted by atomic mass is 10.0. The van der Waals surface area contributed by atoms with Gasteiger partial charge < -0.3 is 4.74 Å². The van der Waals surface area contributed by atoms with Gasteiger partial charge in [-0.05, 0) is 35.7 Å². The molecular weight excluding hydrogens is 349 g/mol. The van der Waals surface area contributed by atoms with Crippen molar-refractivity contribution in [2.24, 2.45) is 0 Å². The Labute approximate surface area is 128 Å². The van der Waals surface area contributed by atoms with Crippen LogP contribution in [0, 0.1) is 0 Å². The minimum absolute atomic E-state index is 0.0206. The van der Waals surface area contributed by atoms with Crippen LogP contribution in [0.25, 0.3) is 0 Å². The van der Waals surface area contributed by atoms with Crippen molar-refractivity contribution < 1.29 is 17.9 Å². The first-order valence-electron chi connectivity index (χ1n) is 6.15. The lowest BCUT2D eigenvalue weighted by Crippen LogP contribution is -2.09. The van der Waals surface area contributed by atoms with Gasteiger partial charge in [0, 0.05) is 10.5 Å². The summed E-state index contributed by atoms with van der Waals surface area (Å²) >= 11 is 3.37. The zero-order valence-electron chi connectivity index (χ0n) is 11.3. The Balaban J connectivity index is 2.26. The molecule has 2 rings (SSSR count). The molecule has 1 aromatic heterocycles. The van der Waals surface area contributed by atoms with Gasteiger partial charge in [0.15, 0.2) is 5.69 Å². The highest BCUT2D eigenvalue weighted by Crippen LogP contribution is 2.33. The average Bonchev–Trinajstić information content (AvgIpc) is 2.40. The normalized spacial score (nSPS) is 11.8. The van der Waals surface area contributed by atoms with E-state index in [1.807, 2.05) is 19.9 Å². The minimum atomic E-state index is -4.51. The molecule has 0 aliphatic carbocycles.